The lowest BCUT2D eigenvalue weighted by Gasteiger charge is -2.18. The second kappa shape index (κ2) is 8.93. The van der Waals surface area contributed by atoms with Gasteiger partial charge in [-0.2, -0.15) is 0 Å². The van der Waals surface area contributed by atoms with Crippen LogP contribution in [-0.4, -0.2) is 22.9 Å². The van der Waals surface area contributed by atoms with Crippen molar-refractivity contribution in [3.63, 3.8) is 0 Å². The molecule has 0 unspecified atom stereocenters. The Bertz CT molecular complexity index is 833. The second-order valence-electron chi connectivity index (χ2n) is 6.24. The fourth-order valence-corrected chi connectivity index (χ4v) is 2.50. The lowest BCUT2D eigenvalue weighted by Crippen LogP contribution is -2.30. The summed E-state index contributed by atoms with van der Waals surface area (Å²) in [7, 11) is 0. The van der Waals surface area contributed by atoms with Gasteiger partial charge in [0.1, 0.15) is 0 Å². The number of carbonyl (C=O) groups is 2. The highest BCUT2D eigenvalue weighted by molar-refractivity contribution is 5.97. The van der Waals surface area contributed by atoms with Crippen molar-refractivity contribution in [2.24, 2.45) is 0 Å². The van der Waals surface area contributed by atoms with Crippen LogP contribution in [0.4, 0.5) is 11.4 Å². The maximum Gasteiger partial charge on any atom is 0.338 e. The van der Waals surface area contributed by atoms with Gasteiger partial charge in [0.15, 0.2) is 6.10 Å². The number of para-hydroxylation sites is 1. The van der Waals surface area contributed by atoms with Gasteiger partial charge in [-0.05, 0) is 43.0 Å². The Labute approximate surface area is 157 Å². The highest BCUT2D eigenvalue weighted by Crippen LogP contribution is 2.26. The third kappa shape index (κ3) is 5.13. The molecule has 0 spiro atoms. The Morgan fingerprint density at radius 2 is 1.74 bits per heavy atom. The van der Waals surface area contributed by atoms with Crippen molar-refractivity contribution in [1.29, 1.82) is 0 Å². The summed E-state index contributed by atoms with van der Waals surface area (Å²) in [4.78, 5) is 34.7. The fourth-order valence-electron chi connectivity index (χ4n) is 2.50. The van der Waals surface area contributed by atoms with Crippen molar-refractivity contribution in [1.82, 2.24) is 0 Å². The van der Waals surface area contributed by atoms with Crippen LogP contribution in [-0.2, 0) is 9.53 Å². The summed E-state index contributed by atoms with van der Waals surface area (Å²) in [5.41, 5.74) is 1.72. The second-order valence-corrected chi connectivity index (χ2v) is 6.24. The molecule has 0 aromatic heterocycles. The number of benzene rings is 2. The van der Waals surface area contributed by atoms with Gasteiger partial charge >= 0.3 is 5.97 Å². The number of ether oxygens (including phenoxy) is 1. The summed E-state index contributed by atoms with van der Waals surface area (Å²) in [5, 5.41) is 13.5. The first-order valence-corrected chi connectivity index (χ1v) is 8.68. The van der Waals surface area contributed by atoms with Crippen LogP contribution in [0.15, 0.2) is 48.5 Å². The number of hydrogen-bond donors (Lipinski definition) is 1. The number of rotatable bonds is 7. The molecule has 0 aliphatic rings. The molecular formula is C20H22N2O5. The van der Waals surface area contributed by atoms with Crippen molar-refractivity contribution in [2.45, 2.75) is 39.2 Å². The summed E-state index contributed by atoms with van der Waals surface area (Å²) < 4.78 is 5.18. The number of anilines is 1. The van der Waals surface area contributed by atoms with Crippen LogP contribution in [0.5, 0.6) is 0 Å². The minimum absolute atomic E-state index is 0.126. The van der Waals surface area contributed by atoms with Gasteiger partial charge in [0.2, 0.25) is 0 Å². The molecule has 2 atom stereocenters. The number of nitro groups is 1. The summed E-state index contributed by atoms with van der Waals surface area (Å²) in [6, 6.07) is 12.5. The van der Waals surface area contributed by atoms with E-state index in [9.17, 15) is 19.7 Å². The largest absolute Gasteiger partial charge is 0.449 e. The van der Waals surface area contributed by atoms with Gasteiger partial charge in [-0.1, -0.05) is 32.0 Å². The monoisotopic (exact) mass is 370 g/mol. The first kappa shape index (κ1) is 20.1. The van der Waals surface area contributed by atoms with Crippen molar-refractivity contribution in [2.75, 3.05) is 5.32 Å². The van der Waals surface area contributed by atoms with E-state index in [0.29, 0.717) is 5.69 Å². The normalized spacial score (nSPS) is 12.7. The number of amides is 1. The minimum atomic E-state index is -1.02. The molecule has 1 amide bonds. The predicted molar refractivity (Wildman–Crippen MR) is 102 cm³/mol. The number of non-ortho nitro benzene ring substituents is 1. The average molecular weight is 370 g/mol. The van der Waals surface area contributed by atoms with Gasteiger partial charge in [0, 0.05) is 17.8 Å². The quantitative estimate of drug-likeness (QED) is 0.445. The molecule has 0 radical (unpaired) electrons. The van der Waals surface area contributed by atoms with E-state index in [1.54, 1.807) is 0 Å². The minimum Gasteiger partial charge on any atom is -0.449 e. The van der Waals surface area contributed by atoms with E-state index in [1.165, 1.54) is 31.2 Å². The van der Waals surface area contributed by atoms with Gasteiger partial charge in [0.25, 0.3) is 11.6 Å². The summed E-state index contributed by atoms with van der Waals surface area (Å²) in [6.45, 7) is 5.62. The van der Waals surface area contributed by atoms with Crippen LogP contribution in [0.2, 0.25) is 0 Å². The maximum absolute atomic E-state index is 12.4. The van der Waals surface area contributed by atoms with Crippen LogP contribution in [0, 0.1) is 10.1 Å². The van der Waals surface area contributed by atoms with Gasteiger partial charge in [0.05, 0.1) is 10.5 Å². The molecule has 142 valence electrons. The smallest absolute Gasteiger partial charge is 0.338 e. The van der Waals surface area contributed by atoms with E-state index in [2.05, 4.69) is 19.2 Å². The van der Waals surface area contributed by atoms with Crippen molar-refractivity contribution in [3.05, 3.63) is 69.8 Å². The van der Waals surface area contributed by atoms with E-state index < -0.39 is 22.9 Å². The van der Waals surface area contributed by atoms with Crippen LogP contribution in [0.3, 0.4) is 0 Å². The molecule has 0 saturated carbocycles. The number of esters is 1. The fraction of sp³-hybridized carbons (Fsp3) is 0.300. The van der Waals surface area contributed by atoms with Crippen molar-refractivity contribution in [3.8, 4) is 0 Å². The number of carbonyl (C=O) groups excluding carboxylic acids is 2. The number of hydrogen-bond acceptors (Lipinski definition) is 5. The SMILES string of the molecule is CC[C@@H](C)c1ccccc1NC(=O)[C@H](C)OC(=O)c1ccc([N+](=O)[O-])cc1. The molecule has 1 N–H and O–H groups in total. The average Bonchev–Trinajstić information content (AvgIpc) is 2.67. The molecule has 0 bridgehead atoms. The summed E-state index contributed by atoms with van der Waals surface area (Å²) >= 11 is 0. The molecule has 0 fully saturated rings. The molecule has 2 rings (SSSR count). The zero-order valence-electron chi connectivity index (χ0n) is 15.5. The van der Waals surface area contributed by atoms with E-state index >= 15 is 0 Å². The van der Waals surface area contributed by atoms with Gasteiger partial charge in [-0.25, -0.2) is 4.79 Å². The third-order valence-electron chi connectivity index (χ3n) is 4.33. The molecule has 0 heterocycles. The Morgan fingerprint density at radius 1 is 1.11 bits per heavy atom. The summed E-state index contributed by atoms with van der Waals surface area (Å²) in [6.07, 6.45) is -0.0879. The number of nitro benzene ring substituents is 1. The van der Waals surface area contributed by atoms with Gasteiger partial charge in [-0.3, -0.25) is 14.9 Å². The van der Waals surface area contributed by atoms with Crippen LogP contribution in [0.25, 0.3) is 0 Å². The molecular weight excluding hydrogens is 348 g/mol. The molecule has 7 nitrogen and oxygen atoms in total. The Hall–Kier alpha value is -3.22. The lowest BCUT2D eigenvalue weighted by atomic mass is 9.97. The van der Waals surface area contributed by atoms with Gasteiger partial charge < -0.3 is 10.1 Å². The predicted octanol–water partition coefficient (Wildman–Crippen LogP) is 4.29. The number of nitrogens with zero attached hydrogens (tertiary/aromatic N) is 1. The highest BCUT2D eigenvalue weighted by atomic mass is 16.6. The van der Waals surface area contributed by atoms with E-state index in [-0.39, 0.29) is 17.2 Å². The topological polar surface area (TPSA) is 98.5 Å². The van der Waals surface area contributed by atoms with Crippen LogP contribution >= 0.6 is 0 Å². The Kier molecular flexibility index (Phi) is 6.65. The first-order chi connectivity index (χ1) is 12.8. The van der Waals surface area contributed by atoms with E-state index in [0.717, 1.165) is 12.0 Å². The maximum atomic E-state index is 12.4. The molecule has 27 heavy (non-hydrogen) atoms. The third-order valence-corrected chi connectivity index (χ3v) is 4.33. The van der Waals surface area contributed by atoms with Crippen molar-refractivity contribution < 1.29 is 19.2 Å². The Morgan fingerprint density at radius 3 is 2.33 bits per heavy atom. The van der Waals surface area contributed by atoms with Crippen molar-refractivity contribution >= 4 is 23.3 Å². The molecule has 7 heteroatoms. The molecule has 0 aliphatic heterocycles. The lowest BCUT2D eigenvalue weighted by molar-refractivity contribution is -0.384. The van der Waals surface area contributed by atoms with E-state index in [1.807, 2.05) is 24.3 Å². The Balaban J connectivity index is 2.03. The number of nitrogens with one attached hydrogen (secondary N) is 1. The highest BCUT2D eigenvalue weighted by Gasteiger charge is 2.21. The molecule has 0 aliphatic carbocycles. The van der Waals surface area contributed by atoms with Crippen LogP contribution < -0.4 is 5.32 Å². The van der Waals surface area contributed by atoms with E-state index in [4.69, 9.17) is 4.74 Å². The molecule has 2 aromatic rings. The van der Waals surface area contributed by atoms with Gasteiger partial charge in [-0.15, -0.1) is 0 Å². The zero-order valence-corrected chi connectivity index (χ0v) is 15.5. The molecule has 2 aromatic carbocycles. The molecule has 0 saturated heterocycles. The standard InChI is InChI=1S/C20H22N2O5/c1-4-13(2)17-7-5-6-8-18(17)21-19(23)14(3)27-20(24)15-9-11-16(12-10-15)22(25)26/h5-14H,4H2,1-3H3,(H,21,23)/t13-,14+/m1/s1. The van der Waals surface area contributed by atoms with Crippen LogP contribution in [0.1, 0.15) is 49.0 Å². The summed E-state index contributed by atoms with van der Waals surface area (Å²) in [5.74, 6) is -0.886. The zero-order chi connectivity index (χ0) is 20.0. The first-order valence-electron chi connectivity index (χ1n) is 8.68.